The number of nitrogens with zero attached hydrogens (tertiary/aromatic N) is 1. The zero-order chi connectivity index (χ0) is 46.4. The number of hydrogen-bond donors (Lipinski definition) is 2. The molecule has 0 aromatic heterocycles. The number of amides is 1. The summed E-state index contributed by atoms with van der Waals surface area (Å²) in [6.45, 7) is 4.63. The van der Waals surface area contributed by atoms with Gasteiger partial charge in [-0.05, 0) is 44.9 Å². The molecule has 0 aliphatic rings. The van der Waals surface area contributed by atoms with E-state index in [-0.39, 0.29) is 12.5 Å². The minimum atomic E-state index is -4.60. The molecule has 8 nitrogen and oxygen atoms in total. The molecule has 3 unspecified atom stereocenters. The fraction of sp³-hybridized carbons (Fsp3) is 0.870. The molecular weight excluding hydrogens is 804 g/mol. The average molecular weight is 909 g/mol. The number of unbranched alkanes of at least 4 members (excludes halogenated alkanes) is 32. The lowest BCUT2D eigenvalue weighted by atomic mass is 10.0. The number of carbonyl (C=O) groups is 1. The van der Waals surface area contributed by atoms with Gasteiger partial charge in [-0.25, -0.2) is 0 Å². The normalized spacial score (nSPS) is 14.3. The fourth-order valence-corrected chi connectivity index (χ4v) is 8.56. The van der Waals surface area contributed by atoms with Crippen LogP contribution in [0.25, 0.3) is 0 Å². The van der Waals surface area contributed by atoms with Crippen LogP contribution in [0.3, 0.4) is 0 Å². The van der Waals surface area contributed by atoms with Crippen molar-refractivity contribution < 1.29 is 32.9 Å². The van der Waals surface area contributed by atoms with Crippen molar-refractivity contribution in [3.8, 4) is 0 Å². The summed E-state index contributed by atoms with van der Waals surface area (Å²) in [6.07, 6.45) is 58.0. The molecule has 0 aliphatic carbocycles. The molecule has 0 saturated heterocycles. The second kappa shape index (κ2) is 45.9. The minimum absolute atomic E-state index is 0.00776. The van der Waals surface area contributed by atoms with Crippen molar-refractivity contribution in [1.82, 2.24) is 5.32 Å². The Labute approximate surface area is 391 Å². The molecule has 0 spiro atoms. The Morgan fingerprint density at radius 3 is 1.29 bits per heavy atom. The van der Waals surface area contributed by atoms with Crippen LogP contribution in [0, 0.1) is 0 Å². The summed E-state index contributed by atoms with van der Waals surface area (Å²) in [5.74, 6) is -0.211. The zero-order valence-electron chi connectivity index (χ0n) is 42.3. The predicted octanol–water partition coefficient (Wildman–Crippen LogP) is 15.2. The molecule has 9 heteroatoms. The van der Waals surface area contributed by atoms with Crippen LogP contribution in [0.4, 0.5) is 0 Å². The maximum atomic E-state index is 12.9. The van der Waals surface area contributed by atoms with Crippen molar-refractivity contribution in [3.05, 3.63) is 36.5 Å². The van der Waals surface area contributed by atoms with Crippen LogP contribution in [0.15, 0.2) is 36.5 Å². The van der Waals surface area contributed by atoms with Gasteiger partial charge in [0.15, 0.2) is 0 Å². The molecule has 372 valence electrons. The third-order valence-corrected chi connectivity index (χ3v) is 13.0. The first-order valence-corrected chi connectivity index (χ1v) is 28.3. The summed E-state index contributed by atoms with van der Waals surface area (Å²) < 4.78 is 23.2. The van der Waals surface area contributed by atoms with Gasteiger partial charge in [0.05, 0.1) is 39.9 Å². The maximum absolute atomic E-state index is 12.9. The minimum Gasteiger partial charge on any atom is -0.756 e. The van der Waals surface area contributed by atoms with Crippen molar-refractivity contribution in [3.63, 3.8) is 0 Å². The van der Waals surface area contributed by atoms with Gasteiger partial charge in [-0.15, -0.1) is 0 Å². The topological polar surface area (TPSA) is 108 Å². The molecule has 0 bridgehead atoms. The summed E-state index contributed by atoms with van der Waals surface area (Å²) in [7, 11) is 1.24. The van der Waals surface area contributed by atoms with Crippen LogP contribution in [0.1, 0.15) is 251 Å². The first-order chi connectivity index (χ1) is 30.5. The highest BCUT2D eigenvalue weighted by atomic mass is 31.2. The lowest BCUT2D eigenvalue weighted by molar-refractivity contribution is -0.870. The highest BCUT2D eigenvalue weighted by molar-refractivity contribution is 7.45. The molecule has 1 amide bonds. The average Bonchev–Trinajstić information content (AvgIpc) is 3.24. The maximum Gasteiger partial charge on any atom is 0.268 e. The molecule has 0 aromatic carbocycles. The number of hydrogen-bond acceptors (Lipinski definition) is 6. The third kappa shape index (κ3) is 48.5. The SMILES string of the molecule is CCCCCCCCCCCCCCCCCCCCC/C=C/CC/C=C/CC/C=C/C(O)C(COP(=O)([O-])OCC[N+](C)(C)C)NC(=O)CCCCCCCCCCCCCC. The molecule has 0 aliphatic heterocycles. The number of phosphoric ester groups is 1. The number of aliphatic hydroxyl groups excluding tert-OH is 1. The summed E-state index contributed by atoms with van der Waals surface area (Å²) in [6, 6.07) is -0.906. The summed E-state index contributed by atoms with van der Waals surface area (Å²) in [5.41, 5.74) is 0. The van der Waals surface area contributed by atoms with Crippen LogP contribution in [0.5, 0.6) is 0 Å². The van der Waals surface area contributed by atoms with E-state index in [0.29, 0.717) is 17.4 Å². The van der Waals surface area contributed by atoms with Gasteiger partial charge < -0.3 is 28.8 Å². The van der Waals surface area contributed by atoms with E-state index >= 15 is 0 Å². The van der Waals surface area contributed by atoms with Gasteiger partial charge in [-0.2, -0.15) is 0 Å². The van der Waals surface area contributed by atoms with Crippen LogP contribution >= 0.6 is 7.82 Å². The lowest BCUT2D eigenvalue weighted by Gasteiger charge is -2.29. The Balaban J connectivity index is 4.21. The van der Waals surface area contributed by atoms with E-state index in [4.69, 9.17) is 9.05 Å². The van der Waals surface area contributed by atoms with Crippen molar-refractivity contribution in [1.29, 1.82) is 0 Å². The van der Waals surface area contributed by atoms with E-state index in [1.165, 1.54) is 186 Å². The van der Waals surface area contributed by atoms with Gasteiger partial charge in [0.25, 0.3) is 7.82 Å². The smallest absolute Gasteiger partial charge is 0.268 e. The largest absolute Gasteiger partial charge is 0.756 e. The van der Waals surface area contributed by atoms with E-state index < -0.39 is 26.6 Å². The number of allylic oxidation sites excluding steroid dienone is 5. The first-order valence-electron chi connectivity index (χ1n) is 26.9. The van der Waals surface area contributed by atoms with Crippen molar-refractivity contribution in [2.45, 2.75) is 264 Å². The number of quaternary nitrogens is 1. The Kier molecular flexibility index (Phi) is 44.9. The Morgan fingerprint density at radius 1 is 0.540 bits per heavy atom. The van der Waals surface area contributed by atoms with Gasteiger partial charge in [0, 0.05) is 6.42 Å². The van der Waals surface area contributed by atoms with Crippen molar-refractivity contribution in [2.75, 3.05) is 40.9 Å². The number of nitrogens with one attached hydrogen (secondary N) is 1. The van der Waals surface area contributed by atoms with Crippen LogP contribution in [0.2, 0.25) is 0 Å². The lowest BCUT2D eigenvalue weighted by Crippen LogP contribution is -2.45. The summed E-state index contributed by atoms with van der Waals surface area (Å²) in [4.78, 5) is 25.3. The Hall–Kier alpha value is -1.28. The van der Waals surface area contributed by atoms with Gasteiger partial charge in [-0.3, -0.25) is 9.36 Å². The molecule has 3 atom stereocenters. The predicted molar refractivity (Wildman–Crippen MR) is 270 cm³/mol. The number of carbonyl (C=O) groups excluding carboxylic acids is 1. The standard InChI is InChI=1S/C54H105N2O6P/c1-6-8-10-12-14-16-18-20-21-22-23-24-25-26-27-28-29-30-31-32-33-34-35-36-37-39-41-43-45-47-53(57)52(51-62-63(59,60)61-50-49-56(3,4)5)55-54(58)48-46-44-42-40-38-19-17-15-13-11-9-7-2/h33-34,37,39,45,47,52-53,57H,6-32,35-36,38,40-44,46,48-51H2,1-5H3,(H-,55,58,59,60)/b34-33+,39-37+,47-45+. The van der Waals surface area contributed by atoms with E-state index in [1.807, 2.05) is 27.2 Å². The van der Waals surface area contributed by atoms with Crippen molar-refractivity contribution in [2.24, 2.45) is 0 Å². The number of likely N-dealkylation sites (N-methyl/N-ethyl adjacent to an activating group) is 1. The number of phosphoric acid groups is 1. The molecule has 0 radical (unpaired) electrons. The summed E-state index contributed by atoms with van der Waals surface area (Å²) >= 11 is 0. The molecule has 0 fully saturated rings. The quantitative estimate of drug-likeness (QED) is 0.0272. The second-order valence-electron chi connectivity index (χ2n) is 19.6. The second-order valence-corrected chi connectivity index (χ2v) is 21.0. The van der Waals surface area contributed by atoms with E-state index in [0.717, 1.165) is 44.9 Å². The van der Waals surface area contributed by atoms with E-state index in [9.17, 15) is 19.4 Å². The van der Waals surface area contributed by atoms with Crippen LogP contribution < -0.4 is 10.2 Å². The van der Waals surface area contributed by atoms with E-state index in [1.54, 1.807) is 6.08 Å². The third-order valence-electron chi connectivity index (χ3n) is 12.1. The molecule has 0 aromatic rings. The van der Waals surface area contributed by atoms with E-state index in [2.05, 4.69) is 43.5 Å². The number of aliphatic hydroxyl groups is 1. The highest BCUT2D eigenvalue weighted by Crippen LogP contribution is 2.38. The first kappa shape index (κ1) is 61.7. The van der Waals surface area contributed by atoms with Gasteiger partial charge in [0.2, 0.25) is 5.91 Å². The van der Waals surface area contributed by atoms with Crippen LogP contribution in [-0.2, 0) is 18.4 Å². The molecule has 0 rings (SSSR count). The van der Waals surface area contributed by atoms with Crippen LogP contribution in [-0.4, -0.2) is 68.5 Å². The summed E-state index contributed by atoms with van der Waals surface area (Å²) in [5, 5.41) is 13.8. The monoisotopic (exact) mass is 909 g/mol. The van der Waals surface area contributed by atoms with Crippen molar-refractivity contribution >= 4 is 13.7 Å². The molecule has 2 N–H and O–H groups in total. The molecule has 0 saturated carbocycles. The zero-order valence-corrected chi connectivity index (χ0v) is 43.2. The van der Waals surface area contributed by atoms with Gasteiger partial charge >= 0.3 is 0 Å². The van der Waals surface area contributed by atoms with Gasteiger partial charge in [0.1, 0.15) is 13.2 Å². The Bertz CT molecular complexity index is 1120. The van der Waals surface area contributed by atoms with Gasteiger partial charge in [-0.1, -0.05) is 237 Å². The Morgan fingerprint density at radius 2 is 0.889 bits per heavy atom. The number of rotatable bonds is 49. The molecule has 0 heterocycles. The fourth-order valence-electron chi connectivity index (χ4n) is 7.83. The molecule has 63 heavy (non-hydrogen) atoms. The molecular formula is C54H105N2O6P. The highest BCUT2D eigenvalue weighted by Gasteiger charge is 2.23.